The maximum absolute atomic E-state index is 5.76. The number of nitrogens with two attached hydrogens (primary N) is 1. The summed E-state index contributed by atoms with van der Waals surface area (Å²) in [5.41, 5.74) is 6.64. The largest absolute Gasteiger partial charge is 0.384 e. The van der Waals surface area contributed by atoms with Crippen molar-refractivity contribution in [1.82, 2.24) is 14.8 Å². The molecule has 0 aliphatic carbocycles. The van der Waals surface area contributed by atoms with Gasteiger partial charge in [0.2, 0.25) is 0 Å². The Morgan fingerprint density at radius 3 is 2.71 bits per heavy atom. The van der Waals surface area contributed by atoms with Crippen molar-refractivity contribution >= 4 is 21.7 Å². The van der Waals surface area contributed by atoms with Crippen molar-refractivity contribution in [3.05, 3.63) is 34.6 Å². The van der Waals surface area contributed by atoms with Gasteiger partial charge in [0.1, 0.15) is 5.82 Å². The van der Waals surface area contributed by atoms with Crippen LogP contribution in [0.15, 0.2) is 28.9 Å². The first-order chi connectivity index (χ1) is 6.66. The molecular formula is C9H9BrN4. The molecular weight excluding hydrogens is 244 g/mol. The van der Waals surface area contributed by atoms with Crippen molar-refractivity contribution in [1.29, 1.82) is 0 Å². The molecule has 2 aromatic heterocycles. The summed E-state index contributed by atoms with van der Waals surface area (Å²) in [6.07, 6.45) is 1.71. The first kappa shape index (κ1) is 9.21. The summed E-state index contributed by atoms with van der Waals surface area (Å²) in [5.74, 6) is 1.32. The molecule has 0 saturated heterocycles. The van der Waals surface area contributed by atoms with Gasteiger partial charge in [0, 0.05) is 16.7 Å². The molecule has 2 heterocycles. The van der Waals surface area contributed by atoms with E-state index in [-0.39, 0.29) is 0 Å². The van der Waals surface area contributed by atoms with E-state index in [1.807, 2.05) is 25.1 Å². The number of hydrogen-bond donors (Lipinski definition) is 1. The van der Waals surface area contributed by atoms with Gasteiger partial charge in [-0.1, -0.05) is 0 Å². The van der Waals surface area contributed by atoms with E-state index in [0.717, 1.165) is 16.0 Å². The van der Waals surface area contributed by atoms with Gasteiger partial charge >= 0.3 is 0 Å². The van der Waals surface area contributed by atoms with Gasteiger partial charge in [-0.25, -0.2) is 4.98 Å². The van der Waals surface area contributed by atoms with Crippen molar-refractivity contribution in [2.75, 3.05) is 5.73 Å². The highest BCUT2D eigenvalue weighted by Crippen LogP contribution is 2.14. The number of nitrogen functional groups attached to an aromatic ring is 1. The highest BCUT2D eigenvalue weighted by Gasteiger charge is 2.04. The molecule has 0 unspecified atom stereocenters. The van der Waals surface area contributed by atoms with E-state index in [9.17, 15) is 0 Å². The van der Waals surface area contributed by atoms with Crippen LogP contribution in [0, 0.1) is 6.92 Å². The van der Waals surface area contributed by atoms with E-state index in [2.05, 4.69) is 26.0 Å². The van der Waals surface area contributed by atoms with E-state index in [1.165, 1.54) is 0 Å². The van der Waals surface area contributed by atoms with Crippen LogP contribution in [0.5, 0.6) is 0 Å². The second-order valence-electron chi connectivity index (χ2n) is 2.96. The molecule has 0 radical (unpaired) electrons. The predicted molar refractivity (Wildman–Crippen MR) is 58.2 cm³/mol. The predicted octanol–water partition coefficient (Wildman–Crippen LogP) is 1.92. The van der Waals surface area contributed by atoms with Crippen LogP contribution in [0.4, 0.5) is 5.82 Å². The SMILES string of the molecule is Cc1cc(N)n(-c2ccc(Br)cn2)n1. The van der Waals surface area contributed by atoms with Crippen LogP contribution >= 0.6 is 15.9 Å². The molecule has 0 fully saturated rings. The maximum atomic E-state index is 5.76. The Hall–Kier alpha value is -1.36. The Morgan fingerprint density at radius 2 is 2.21 bits per heavy atom. The summed E-state index contributed by atoms with van der Waals surface area (Å²) in [7, 11) is 0. The maximum Gasteiger partial charge on any atom is 0.155 e. The molecule has 0 amide bonds. The quantitative estimate of drug-likeness (QED) is 0.844. The van der Waals surface area contributed by atoms with E-state index >= 15 is 0 Å². The molecule has 2 N–H and O–H groups in total. The summed E-state index contributed by atoms with van der Waals surface area (Å²) in [6.45, 7) is 1.89. The fourth-order valence-electron chi connectivity index (χ4n) is 1.20. The van der Waals surface area contributed by atoms with Crippen LogP contribution in [0.1, 0.15) is 5.69 Å². The average molecular weight is 253 g/mol. The van der Waals surface area contributed by atoms with Crippen LogP contribution in [-0.4, -0.2) is 14.8 Å². The lowest BCUT2D eigenvalue weighted by atomic mass is 10.4. The van der Waals surface area contributed by atoms with E-state index < -0.39 is 0 Å². The number of pyridine rings is 1. The first-order valence-corrected chi connectivity index (χ1v) is 4.90. The lowest BCUT2D eigenvalue weighted by molar-refractivity contribution is 0.841. The Morgan fingerprint density at radius 1 is 1.43 bits per heavy atom. The lowest BCUT2D eigenvalue weighted by Gasteiger charge is -2.01. The Kier molecular flexibility index (Phi) is 2.25. The van der Waals surface area contributed by atoms with Crippen LogP contribution in [0.2, 0.25) is 0 Å². The van der Waals surface area contributed by atoms with Gasteiger partial charge in [-0.2, -0.15) is 9.78 Å². The normalized spacial score (nSPS) is 10.4. The lowest BCUT2D eigenvalue weighted by Crippen LogP contribution is -2.03. The highest BCUT2D eigenvalue weighted by atomic mass is 79.9. The fraction of sp³-hybridized carbons (Fsp3) is 0.111. The summed E-state index contributed by atoms with van der Waals surface area (Å²) < 4.78 is 2.55. The van der Waals surface area contributed by atoms with E-state index in [0.29, 0.717) is 5.82 Å². The van der Waals surface area contributed by atoms with Gasteiger partial charge in [-0.15, -0.1) is 0 Å². The molecule has 72 valence electrons. The molecule has 0 saturated carbocycles. The number of aromatic nitrogens is 3. The molecule has 0 aliphatic rings. The van der Waals surface area contributed by atoms with Crippen LogP contribution in [-0.2, 0) is 0 Å². The zero-order chi connectivity index (χ0) is 10.1. The molecule has 2 aromatic rings. The van der Waals surface area contributed by atoms with Crippen molar-refractivity contribution < 1.29 is 0 Å². The van der Waals surface area contributed by atoms with Gasteiger partial charge in [0.25, 0.3) is 0 Å². The molecule has 0 aliphatic heterocycles. The smallest absolute Gasteiger partial charge is 0.155 e. The van der Waals surface area contributed by atoms with Crippen molar-refractivity contribution in [2.45, 2.75) is 6.92 Å². The Bertz CT molecular complexity index is 446. The summed E-state index contributed by atoms with van der Waals surface area (Å²) in [6, 6.07) is 5.56. The zero-order valence-electron chi connectivity index (χ0n) is 7.61. The molecule has 0 aromatic carbocycles. The molecule has 2 rings (SSSR count). The van der Waals surface area contributed by atoms with Crippen molar-refractivity contribution in [2.24, 2.45) is 0 Å². The molecule has 5 heteroatoms. The standard InChI is InChI=1S/C9H9BrN4/c1-6-4-8(11)14(13-6)9-3-2-7(10)5-12-9/h2-5H,11H2,1H3. The van der Waals surface area contributed by atoms with Crippen LogP contribution < -0.4 is 5.73 Å². The van der Waals surface area contributed by atoms with Gasteiger partial charge in [-0.05, 0) is 35.0 Å². The number of rotatable bonds is 1. The van der Waals surface area contributed by atoms with Gasteiger partial charge in [0.05, 0.1) is 5.69 Å². The topological polar surface area (TPSA) is 56.7 Å². The summed E-state index contributed by atoms with van der Waals surface area (Å²) >= 11 is 3.32. The third-order valence-corrected chi connectivity index (χ3v) is 2.26. The summed E-state index contributed by atoms with van der Waals surface area (Å²) in [5, 5.41) is 4.22. The number of hydrogen-bond acceptors (Lipinski definition) is 3. The highest BCUT2D eigenvalue weighted by molar-refractivity contribution is 9.10. The molecule has 4 nitrogen and oxygen atoms in total. The van der Waals surface area contributed by atoms with E-state index in [4.69, 9.17) is 5.73 Å². The number of halogens is 1. The van der Waals surface area contributed by atoms with Gasteiger partial charge in [0.15, 0.2) is 5.82 Å². The number of aryl methyl sites for hydroxylation is 1. The zero-order valence-corrected chi connectivity index (χ0v) is 9.19. The summed E-state index contributed by atoms with van der Waals surface area (Å²) in [4.78, 5) is 4.20. The monoisotopic (exact) mass is 252 g/mol. The molecule has 0 atom stereocenters. The minimum atomic E-state index is 0.595. The second kappa shape index (κ2) is 3.42. The minimum Gasteiger partial charge on any atom is -0.384 e. The Balaban J connectivity index is 2.49. The molecule has 0 bridgehead atoms. The molecule has 14 heavy (non-hydrogen) atoms. The van der Waals surface area contributed by atoms with Gasteiger partial charge < -0.3 is 5.73 Å². The Labute approximate surface area is 89.9 Å². The third kappa shape index (κ3) is 1.63. The number of nitrogens with zero attached hydrogens (tertiary/aromatic N) is 3. The third-order valence-electron chi connectivity index (χ3n) is 1.79. The van der Waals surface area contributed by atoms with Crippen LogP contribution in [0.25, 0.3) is 5.82 Å². The minimum absolute atomic E-state index is 0.595. The second-order valence-corrected chi connectivity index (χ2v) is 3.87. The van der Waals surface area contributed by atoms with Crippen molar-refractivity contribution in [3.8, 4) is 5.82 Å². The average Bonchev–Trinajstić information content (AvgIpc) is 2.47. The van der Waals surface area contributed by atoms with Crippen LogP contribution in [0.3, 0.4) is 0 Å². The van der Waals surface area contributed by atoms with E-state index in [1.54, 1.807) is 10.9 Å². The molecule has 0 spiro atoms. The first-order valence-electron chi connectivity index (χ1n) is 4.11. The fourth-order valence-corrected chi connectivity index (χ4v) is 1.43. The van der Waals surface area contributed by atoms with Crippen molar-refractivity contribution in [3.63, 3.8) is 0 Å². The number of anilines is 1. The van der Waals surface area contributed by atoms with Gasteiger partial charge in [-0.3, -0.25) is 0 Å².